The summed E-state index contributed by atoms with van der Waals surface area (Å²) in [6.45, 7) is 3.39. The van der Waals surface area contributed by atoms with E-state index in [-0.39, 0.29) is 30.5 Å². The van der Waals surface area contributed by atoms with E-state index < -0.39 is 12.1 Å². The predicted molar refractivity (Wildman–Crippen MR) is 164 cm³/mol. The Hall–Kier alpha value is -4.39. The molecule has 2 aromatic carbocycles. The fraction of sp³-hybridized carbons (Fsp3) is 0.531. The van der Waals surface area contributed by atoms with Gasteiger partial charge in [-0.05, 0) is 49.9 Å². The zero-order valence-electron chi connectivity index (χ0n) is 26.6. The van der Waals surface area contributed by atoms with Gasteiger partial charge in [0.15, 0.2) is 23.0 Å². The zero-order valence-corrected chi connectivity index (χ0v) is 26.6. The maximum atomic E-state index is 13.4. The molecule has 4 bridgehead atoms. The summed E-state index contributed by atoms with van der Waals surface area (Å²) in [5, 5.41) is 2.91. The molecule has 45 heavy (non-hydrogen) atoms. The Bertz CT molecular complexity index is 1330. The number of benzene rings is 2. The van der Waals surface area contributed by atoms with E-state index in [2.05, 4.69) is 10.2 Å². The molecule has 0 radical (unpaired) electrons. The van der Waals surface area contributed by atoms with E-state index in [9.17, 15) is 14.4 Å². The van der Waals surface area contributed by atoms with Crippen molar-refractivity contribution in [3.8, 4) is 34.5 Å². The molecule has 2 unspecified atom stereocenters. The lowest BCUT2D eigenvalue weighted by molar-refractivity contribution is -0.136. The van der Waals surface area contributed by atoms with E-state index in [0.717, 1.165) is 0 Å². The van der Waals surface area contributed by atoms with E-state index >= 15 is 0 Å². The van der Waals surface area contributed by atoms with Crippen LogP contribution in [0.5, 0.6) is 34.5 Å². The molecule has 2 aromatic rings. The highest BCUT2D eigenvalue weighted by Gasteiger charge is 2.26. The van der Waals surface area contributed by atoms with Gasteiger partial charge < -0.3 is 43.4 Å². The summed E-state index contributed by atoms with van der Waals surface area (Å²) in [4.78, 5) is 43.1. The number of methoxy groups -OCH3 is 5. The Balaban J connectivity index is 1.55. The zero-order chi connectivity index (χ0) is 32.3. The summed E-state index contributed by atoms with van der Waals surface area (Å²) in [6, 6.07) is 6.33. The molecule has 3 heterocycles. The molecule has 3 aliphatic rings. The van der Waals surface area contributed by atoms with Gasteiger partial charge in [-0.25, -0.2) is 4.79 Å². The molecular weight excluding hydrogens is 586 g/mol. The molecule has 13 nitrogen and oxygen atoms in total. The second kappa shape index (κ2) is 16.1. The number of esters is 1. The molecule has 0 spiro atoms. The molecule has 13 heteroatoms. The summed E-state index contributed by atoms with van der Waals surface area (Å²) in [5.41, 5.74) is 0.620. The van der Waals surface area contributed by atoms with Crippen molar-refractivity contribution < 1.29 is 47.5 Å². The van der Waals surface area contributed by atoms with Gasteiger partial charge >= 0.3 is 5.97 Å². The van der Waals surface area contributed by atoms with Crippen LogP contribution in [0.3, 0.4) is 0 Å². The minimum Gasteiger partial charge on any atom is -0.493 e. The molecule has 0 aliphatic carbocycles. The van der Waals surface area contributed by atoms with Crippen molar-refractivity contribution in [1.82, 2.24) is 15.1 Å². The van der Waals surface area contributed by atoms with Crippen LogP contribution in [0.15, 0.2) is 24.3 Å². The van der Waals surface area contributed by atoms with Crippen molar-refractivity contribution >= 4 is 17.8 Å². The molecule has 1 N–H and O–H groups in total. The van der Waals surface area contributed by atoms with Crippen molar-refractivity contribution in [2.75, 3.05) is 81.4 Å². The monoisotopic (exact) mass is 629 g/mol. The first-order valence-corrected chi connectivity index (χ1v) is 15.0. The van der Waals surface area contributed by atoms with Crippen LogP contribution >= 0.6 is 0 Å². The average molecular weight is 630 g/mol. The largest absolute Gasteiger partial charge is 0.493 e. The average Bonchev–Trinajstić information content (AvgIpc) is 3.06. The summed E-state index contributed by atoms with van der Waals surface area (Å²) >= 11 is 0. The van der Waals surface area contributed by atoms with Crippen molar-refractivity contribution in [3.05, 3.63) is 35.4 Å². The van der Waals surface area contributed by atoms with Gasteiger partial charge in [0, 0.05) is 38.3 Å². The maximum Gasteiger partial charge on any atom is 0.338 e. The number of amides is 2. The molecule has 2 atom stereocenters. The van der Waals surface area contributed by atoms with Crippen molar-refractivity contribution in [3.63, 3.8) is 0 Å². The van der Waals surface area contributed by atoms with Gasteiger partial charge in [0.2, 0.25) is 17.4 Å². The third-order valence-corrected chi connectivity index (χ3v) is 7.86. The third-order valence-electron chi connectivity index (χ3n) is 7.86. The van der Waals surface area contributed by atoms with E-state index in [1.165, 1.54) is 35.5 Å². The van der Waals surface area contributed by atoms with Gasteiger partial charge in [-0.2, -0.15) is 0 Å². The lowest BCUT2D eigenvalue weighted by atomic mass is 10.1. The van der Waals surface area contributed by atoms with Crippen molar-refractivity contribution in [1.29, 1.82) is 0 Å². The highest BCUT2D eigenvalue weighted by molar-refractivity contribution is 5.95. The molecule has 1 fully saturated rings. The number of rotatable bonds is 7. The van der Waals surface area contributed by atoms with E-state index in [0.29, 0.717) is 98.5 Å². The fourth-order valence-electron chi connectivity index (χ4n) is 5.43. The molecule has 3 aliphatic heterocycles. The van der Waals surface area contributed by atoms with Crippen LogP contribution in [0.25, 0.3) is 0 Å². The second-order valence-corrected chi connectivity index (χ2v) is 10.7. The van der Waals surface area contributed by atoms with Crippen LogP contribution in [-0.2, 0) is 9.53 Å². The molecule has 0 saturated carbocycles. The topological polar surface area (TPSA) is 134 Å². The summed E-state index contributed by atoms with van der Waals surface area (Å²) in [5.74, 6) is 1.38. The van der Waals surface area contributed by atoms with Crippen molar-refractivity contribution in [2.24, 2.45) is 0 Å². The highest BCUT2D eigenvalue weighted by Crippen LogP contribution is 2.39. The van der Waals surface area contributed by atoms with Gasteiger partial charge in [-0.15, -0.1) is 0 Å². The van der Waals surface area contributed by atoms with Gasteiger partial charge in [0.1, 0.15) is 6.10 Å². The van der Waals surface area contributed by atoms with Gasteiger partial charge in [-0.1, -0.05) is 0 Å². The Morgan fingerprint density at radius 3 is 2.13 bits per heavy atom. The number of carbonyl (C=O) groups excluding carboxylic acids is 3. The lowest BCUT2D eigenvalue weighted by Gasteiger charge is -2.35. The summed E-state index contributed by atoms with van der Waals surface area (Å²) in [7, 11) is 7.45. The minimum absolute atomic E-state index is 0.0365. The molecule has 5 rings (SSSR count). The Labute approximate surface area is 263 Å². The standard InChI is InChI=1S/C32H43N3O10/c1-39-24-16-21-17-27(30(24)43-5)44-15-6-8-23(45-32(38)22-18-25(40-2)29(42-4)26(19-22)41-3)9-12-34-13-14-35(28(36)20-34)11-7-10-33-31(21)37/h16-19,23H,6-15,20H2,1-5H3,(H,33,37). The maximum absolute atomic E-state index is 13.4. The number of nitrogens with zero attached hydrogens (tertiary/aromatic N) is 2. The first-order valence-electron chi connectivity index (χ1n) is 15.0. The number of piperazine rings is 1. The van der Waals surface area contributed by atoms with Crippen molar-refractivity contribution in [2.45, 2.75) is 31.8 Å². The number of fused-ring (bicyclic) bond motifs is 12. The smallest absolute Gasteiger partial charge is 0.338 e. The van der Waals surface area contributed by atoms with Crippen LogP contribution in [0.2, 0.25) is 0 Å². The van der Waals surface area contributed by atoms with Gasteiger partial charge in [-0.3, -0.25) is 14.5 Å². The lowest BCUT2D eigenvalue weighted by Crippen LogP contribution is -2.51. The normalized spacial score (nSPS) is 19.6. The van der Waals surface area contributed by atoms with E-state index in [1.807, 2.05) is 4.90 Å². The van der Waals surface area contributed by atoms with Crippen LogP contribution in [-0.4, -0.2) is 115 Å². The minimum atomic E-state index is -0.537. The summed E-state index contributed by atoms with van der Waals surface area (Å²) in [6.07, 6.45) is 1.69. The Morgan fingerprint density at radius 2 is 1.49 bits per heavy atom. The van der Waals surface area contributed by atoms with Crippen LogP contribution in [0.1, 0.15) is 46.4 Å². The first kappa shape index (κ1) is 33.5. The molecule has 246 valence electrons. The van der Waals surface area contributed by atoms with E-state index in [1.54, 1.807) is 24.3 Å². The molecule has 2 amide bonds. The van der Waals surface area contributed by atoms with E-state index in [4.69, 9.17) is 33.2 Å². The Morgan fingerprint density at radius 1 is 0.800 bits per heavy atom. The highest BCUT2D eigenvalue weighted by atomic mass is 16.6. The van der Waals surface area contributed by atoms with Crippen LogP contribution < -0.4 is 33.7 Å². The number of carbonyl (C=O) groups is 3. The van der Waals surface area contributed by atoms with Crippen LogP contribution in [0.4, 0.5) is 0 Å². The number of ether oxygens (including phenoxy) is 7. The predicted octanol–water partition coefficient (Wildman–Crippen LogP) is 2.78. The number of hydrogen-bond acceptors (Lipinski definition) is 11. The van der Waals surface area contributed by atoms with Gasteiger partial charge in [0.05, 0.1) is 54.3 Å². The third kappa shape index (κ3) is 8.41. The Kier molecular flexibility index (Phi) is 12.0. The summed E-state index contributed by atoms with van der Waals surface area (Å²) < 4.78 is 39.3. The molecular formula is C32H43N3O10. The van der Waals surface area contributed by atoms with Gasteiger partial charge in [0.25, 0.3) is 5.91 Å². The van der Waals surface area contributed by atoms with Crippen LogP contribution in [0, 0.1) is 0 Å². The fourth-order valence-corrected chi connectivity index (χ4v) is 5.43. The number of hydrogen-bond donors (Lipinski definition) is 1. The second-order valence-electron chi connectivity index (χ2n) is 10.7. The number of nitrogens with one attached hydrogen (secondary N) is 1. The first-order chi connectivity index (χ1) is 21.8. The SMILES string of the molecule is COc1cc(C(=O)OC2CCCOc3cc(cc(OC)c3OC)C(=O)NCCCN3CCN(CC2)CC3=O)cc(OC)c1OC. The quantitative estimate of drug-likeness (QED) is 0.453. The molecule has 1 saturated heterocycles. The molecule has 0 aromatic heterocycles.